The van der Waals surface area contributed by atoms with E-state index in [1.807, 2.05) is 0 Å². The number of hydrogen-bond donors (Lipinski definition) is 0. The van der Waals surface area contributed by atoms with E-state index < -0.39 is 6.15 Å². The van der Waals surface area contributed by atoms with Crippen LogP contribution in [-0.4, -0.2) is 6.15 Å². The van der Waals surface area contributed by atoms with Gasteiger partial charge in [-0.25, -0.2) is 5.26 Å². The fourth-order valence-corrected chi connectivity index (χ4v) is 6.53. The van der Waals surface area contributed by atoms with Crippen molar-refractivity contribution in [3.63, 3.8) is 0 Å². The summed E-state index contributed by atoms with van der Waals surface area (Å²) in [6.07, 6.45) is 20.1. The fraction of sp³-hybridized carbons (Fsp3) is 0.947. The number of rotatable bonds is 3. The molecule has 0 spiro atoms. The molecule has 0 radical (unpaired) electrons. The minimum absolute atomic E-state index is 0.761. The van der Waals surface area contributed by atoms with Gasteiger partial charge in [-0.15, -0.1) is 0 Å². The molecule has 0 aliphatic heterocycles. The van der Waals surface area contributed by atoms with E-state index in [4.69, 9.17) is 0 Å². The first kappa shape index (κ1) is 15.5. The van der Waals surface area contributed by atoms with Crippen LogP contribution in [0.1, 0.15) is 96.3 Å². The van der Waals surface area contributed by atoms with E-state index in [-0.39, 0.29) is 0 Å². The van der Waals surface area contributed by atoms with Gasteiger partial charge in [0.1, 0.15) is 6.15 Å². The van der Waals surface area contributed by atoms with Gasteiger partial charge in [0.05, 0.1) is 0 Å². The molecule has 21 heavy (non-hydrogen) atoms. The molecule has 118 valence electrons. The summed E-state index contributed by atoms with van der Waals surface area (Å²) < 4.78 is 0. The van der Waals surface area contributed by atoms with Crippen molar-refractivity contribution in [1.29, 1.82) is 5.26 Å². The quantitative estimate of drug-likeness (QED) is 0.543. The van der Waals surface area contributed by atoms with E-state index in [1.54, 1.807) is 0 Å². The summed E-state index contributed by atoms with van der Waals surface area (Å²) in [5.74, 6) is 5.45. The molecular formula is C19H33BN-. The van der Waals surface area contributed by atoms with Gasteiger partial charge in [-0.1, -0.05) is 96.3 Å². The molecule has 0 amide bonds. The van der Waals surface area contributed by atoms with Gasteiger partial charge in [0.2, 0.25) is 0 Å². The summed E-state index contributed by atoms with van der Waals surface area (Å²) in [5, 5.41) is 10.4. The summed E-state index contributed by atoms with van der Waals surface area (Å²) in [6, 6.07) is 0. The highest BCUT2D eigenvalue weighted by atomic mass is 14.3. The van der Waals surface area contributed by atoms with Crippen molar-refractivity contribution >= 4 is 6.15 Å². The summed E-state index contributed by atoms with van der Waals surface area (Å²) >= 11 is 0. The third-order valence-corrected chi connectivity index (χ3v) is 7.51. The summed E-state index contributed by atoms with van der Waals surface area (Å²) in [7, 11) is 0. The van der Waals surface area contributed by atoms with Crippen LogP contribution in [-0.2, 0) is 0 Å². The Hall–Kier alpha value is -0.445. The standard InChI is InChI=1S/C19H33BN/c21-16-20(17-10-4-1-5-11-17,18-12-6-2-7-13-18)19-14-8-3-9-15-19/h17-19H,1-15H2/q-1. The molecule has 3 aliphatic carbocycles. The van der Waals surface area contributed by atoms with E-state index in [0.29, 0.717) is 0 Å². The smallest absolute Gasteiger partial charge is 0.113 e. The molecule has 1 nitrogen and oxygen atoms in total. The number of hydrogen-bond acceptors (Lipinski definition) is 1. The zero-order chi connectivity index (χ0) is 14.5. The van der Waals surface area contributed by atoms with E-state index in [0.717, 1.165) is 17.5 Å². The highest BCUT2D eigenvalue weighted by molar-refractivity contribution is 6.90. The van der Waals surface area contributed by atoms with Crippen molar-refractivity contribution in [2.24, 2.45) is 0 Å². The molecule has 0 aromatic heterocycles. The minimum Gasteiger partial charge on any atom is -0.250 e. The second kappa shape index (κ2) is 7.21. The summed E-state index contributed by atoms with van der Waals surface area (Å²) in [6.45, 7) is 0. The van der Waals surface area contributed by atoms with Crippen LogP contribution >= 0.6 is 0 Å². The van der Waals surface area contributed by atoms with Crippen LogP contribution in [0.25, 0.3) is 0 Å². The average molecular weight is 286 g/mol. The molecule has 0 N–H and O–H groups in total. The van der Waals surface area contributed by atoms with Crippen molar-refractivity contribution in [1.82, 2.24) is 0 Å². The molecule has 3 saturated carbocycles. The van der Waals surface area contributed by atoms with Crippen molar-refractivity contribution in [2.45, 2.75) is 114 Å². The van der Waals surface area contributed by atoms with Crippen LogP contribution in [0.4, 0.5) is 0 Å². The maximum absolute atomic E-state index is 10.4. The van der Waals surface area contributed by atoms with Gasteiger partial charge < -0.3 is 0 Å². The lowest BCUT2D eigenvalue weighted by atomic mass is 9.07. The molecule has 0 aromatic carbocycles. The first-order valence-electron chi connectivity index (χ1n) is 9.96. The molecule has 0 atom stereocenters. The van der Waals surface area contributed by atoms with Crippen molar-refractivity contribution in [2.75, 3.05) is 0 Å². The third kappa shape index (κ3) is 3.04. The molecule has 0 saturated heterocycles. The van der Waals surface area contributed by atoms with Gasteiger partial charge in [-0.05, 0) is 0 Å². The molecule has 2 heteroatoms. The van der Waals surface area contributed by atoms with Crippen molar-refractivity contribution in [3.8, 4) is 5.97 Å². The molecule has 3 rings (SSSR count). The normalized spacial score (nSPS) is 27.4. The molecular weight excluding hydrogens is 253 g/mol. The Balaban J connectivity index is 1.88. The second-order valence-electron chi connectivity index (χ2n) is 8.40. The molecule has 0 aromatic rings. The predicted molar refractivity (Wildman–Crippen MR) is 91.9 cm³/mol. The molecule has 0 unspecified atom stereocenters. The van der Waals surface area contributed by atoms with Gasteiger partial charge in [0.25, 0.3) is 0 Å². The van der Waals surface area contributed by atoms with Crippen LogP contribution in [0.15, 0.2) is 0 Å². The highest BCUT2D eigenvalue weighted by Crippen LogP contribution is 2.56. The number of nitrogens with zero attached hydrogens (tertiary/aromatic N) is 1. The predicted octanol–water partition coefficient (Wildman–Crippen LogP) is 6.50. The Morgan fingerprint density at radius 3 is 1.05 bits per heavy atom. The lowest BCUT2D eigenvalue weighted by Gasteiger charge is -2.56. The van der Waals surface area contributed by atoms with Gasteiger partial charge in [-0.3, -0.25) is 0 Å². The van der Waals surface area contributed by atoms with Gasteiger partial charge in [-0.2, -0.15) is 23.4 Å². The van der Waals surface area contributed by atoms with Crippen molar-refractivity contribution in [3.05, 3.63) is 0 Å². The van der Waals surface area contributed by atoms with E-state index in [9.17, 15) is 5.26 Å². The maximum Gasteiger partial charge on any atom is 0.113 e. The zero-order valence-electron chi connectivity index (χ0n) is 13.9. The van der Waals surface area contributed by atoms with E-state index in [1.165, 1.54) is 96.3 Å². The van der Waals surface area contributed by atoms with Crippen LogP contribution < -0.4 is 0 Å². The van der Waals surface area contributed by atoms with E-state index in [2.05, 4.69) is 5.97 Å². The van der Waals surface area contributed by atoms with Crippen LogP contribution in [0, 0.1) is 11.2 Å². The minimum atomic E-state index is -0.761. The fourth-order valence-electron chi connectivity index (χ4n) is 6.53. The van der Waals surface area contributed by atoms with Crippen LogP contribution in [0.3, 0.4) is 0 Å². The van der Waals surface area contributed by atoms with E-state index >= 15 is 0 Å². The Morgan fingerprint density at radius 2 is 0.810 bits per heavy atom. The lowest BCUT2D eigenvalue weighted by molar-refractivity contribution is 0.421. The van der Waals surface area contributed by atoms with Crippen LogP contribution in [0.2, 0.25) is 17.5 Å². The average Bonchev–Trinajstić information content (AvgIpc) is 2.59. The SMILES string of the molecule is N#C[B-](C1CCCCC1)(C1CCCCC1)C1CCCCC1. The molecule has 3 aliphatic rings. The Kier molecular flexibility index (Phi) is 5.31. The maximum atomic E-state index is 10.4. The summed E-state index contributed by atoms with van der Waals surface area (Å²) in [4.78, 5) is 0. The molecule has 0 heterocycles. The first-order valence-corrected chi connectivity index (χ1v) is 9.96. The zero-order valence-corrected chi connectivity index (χ0v) is 13.9. The lowest BCUT2D eigenvalue weighted by Crippen LogP contribution is -2.50. The molecule has 0 bridgehead atoms. The third-order valence-electron chi connectivity index (χ3n) is 7.51. The van der Waals surface area contributed by atoms with Gasteiger partial charge in [0, 0.05) is 0 Å². The summed E-state index contributed by atoms with van der Waals surface area (Å²) in [5.41, 5.74) is 0. The Labute approximate surface area is 131 Å². The second-order valence-corrected chi connectivity index (χ2v) is 8.40. The Bertz CT molecular complexity index is 309. The van der Waals surface area contributed by atoms with Crippen LogP contribution in [0.5, 0.6) is 0 Å². The topological polar surface area (TPSA) is 23.8 Å². The first-order chi connectivity index (χ1) is 10.4. The van der Waals surface area contributed by atoms with Gasteiger partial charge in [0.15, 0.2) is 0 Å². The van der Waals surface area contributed by atoms with Gasteiger partial charge >= 0.3 is 0 Å². The largest absolute Gasteiger partial charge is 0.250 e. The molecule has 3 fully saturated rings. The van der Waals surface area contributed by atoms with Crippen molar-refractivity contribution < 1.29 is 0 Å². The number of nitriles is 1. The Morgan fingerprint density at radius 1 is 0.524 bits per heavy atom. The highest BCUT2D eigenvalue weighted by Gasteiger charge is 2.45. The monoisotopic (exact) mass is 286 g/mol.